The fraction of sp³-hybridized carbons (Fsp3) is 0.484. The van der Waals surface area contributed by atoms with E-state index in [-0.39, 0.29) is 64.8 Å². The maximum atomic E-state index is 15.8. The van der Waals surface area contributed by atoms with E-state index in [1.54, 1.807) is 54.6 Å². The highest BCUT2D eigenvalue weighted by atomic mass is 33.1. The van der Waals surface area contributed by atoms with E-state index in [1.807, 2.05) is 0 Å². The topological polar surface area (TPSA) is 360 Å². The Kier molecular flexibility index (Phi) is 20.7. The van der Waals surface area contributed by atoms with E-state index >= 15 is 9.59 Å². The molecular formula is C62H68F2N4O22S2. The van der Waals surface area contributed by atoms with Crippen molar-refractivity contribution in [2.45, 2.75) is 133 Å². The zero-order valence-electron chi connectivity index (χ0n) is 50.4. The molecule has 4 fully saturated rings. The Morgan fingerprint density at radius 3 is 2.02 bits per heavy atom. The Morgan fingerprint density at radius 2 is 1.45 bits per heavy atom. The Labute approximate surface area is 532 Å². The molecule has 2 aliphatic heterocycles. The number of esters is 4. The summed E-state index contributed by atoms with van der Waals surface area (Å²) in [6, 6.07) is 22.8. The number of hydrogen-bond donors (Lipinski definition) is 6. The number of nitrogens with one attached hydrogen (secondary N) is 2. The number of alkyl halides is 2. The van der Waals surface area contributed by atoms with Crippen LogP contribution in [-0.4, -0.2) is 182 Å². The van der Waals surface area contributed by atoms with Crippen molar-refractivity contribution in [3.05, 3.63) is 142 Å². The van der Waals surface area contributed by atoms with Gasteiger partial charge in [-0.15, -0.1) is 0 Å². The van der Waals surface area contributed by atoms with E-state index in [2.05, 4.69) is 15.6 Å². The number of aliphatic hydroxyl groups is 4. The maximum absolute atomic E-state index is 15.8. The number of carbonyl (C=O) groups excluding carboxylic acids is 8. The molecule has 14 atom stereocenters. The van der Waals surface area contributed by atoms with Gasteiger partial charge in [0.1, 0.15) is 55.1 Å². The van der Waals surface area contributed by atoms with Crippen molar-refractivity contribution >= 4 is 75.2 Å². The number of fused-ring (bicyclic) bond motifs is 5. The van der Waals surface area contributed by atoms with Gasteiger partial charge in [-0.25, -0.2) is 24.0 Å². The summed E-state index contributed by atoms with van der Waals surface area (Å²) < 4.78 is 81.9. The van der Waals surface area contributed by atoms with Crippen LogP contribution >= 0.6 is 21.6 Å². The van der Waals surface area contributed by atoms with Crippen LogP contribution in [0.5, 0.6) is 0 Å². The van der Waals surface area contributed by atoms with Crippen molar-refractivity contribution in [2.24, 2.45) is 16.7 Å². The normalized spacial score (nSPS) is 29.0. The average molecular weight is 1320 g/mol. The number of aromatic nitrogens is 2. The SMILES string of the molecule is CC(=O)O[C@H]1C(=O)[C@@]2(C)[C@H]([C@H](OC(=O)c3ccccc3)[C@]3(O)C[C@H](OC(=O)[C@H](OC(=O)OCCSSCCOC(=O)Nc4ccn(C5OC(CO)C(O)C5(F)F)c(=O)n4)[C@@H](NC(=O)c4ccccc4)c4ccccc4)C(C)=C1C3(C)C)[C@]1(OC(C)=O)CO[C@@H]1C[C@@H]2O. The molecule has 3 heterocycles. The fourth-order valence-corrected chi connectivity index (χ4v) is 14.4. The summed E-state index contributed by atoms with van der Waals surface area (Å²) in [5.74, 6) is -11.6. The van der Waals surface area contributed by atoms with Gasteiger partial charge in [-0.2, -0.15) is 13.8 Å². The van der Waals surface area contributed by atoms with Gasteiger partial charge in [0, 0.05) is 55.4 Å². The van der Waals surface area contributed by atoms with Gasteiger partial charge in [0.2, 0.25) is 12.3 Å². The fourth-order valence-electron chi connectivity index (χ4n) is 12.8. The van der Waals surface area contributed by atoms with E-state index in [9.17, 15) is 62.8 Å². The first-order chi connectivity index (χ1) is 43.6. The molecule has 0 spiro atoms. The largest absolute Gasteiger partial charge is 0.509 e. The maximum Gasteiger partial charge on any atom is 0.509 e. The Morgan fingerprint density at radius 1 is 0.826 bits per heavy atom. The Bertz CT molecular complexity index is 3530. The number of benzene rings is 3. The Hall–Kier alpha value is -7.84. The van der Waals surface area contributed by atoms with Crippen molar-refractivity contribution in [1.82, 2.24) is 14.9 Å². The van der Waals surface area contributed by atoms with Gasteiger partial charge in [-0.3, -0.25) is 29.1 Å². The number of hydrogen-bond acceptors (Lipinski definition) is 25. The van der Waals surface area contributed by atoms with E-state index in [0.717, 1.165) is 36.9 Å². The lowest BCUT2D eigenvalue weighted by Crippen LogP contribution is -2.82. The van der Waals surface area contributed by atoms with Crippen LogP contribution in [0.25, 0.3) is 0 Å². The first-order valence-corrected chi connectivity index (χ1v) is 31.5. The molecule has 2 amide bonds. The van der Waals surface area contributed by atoms with Crippen molar-refractivity contribution < 1.29 is 110 Å². The monoisotopic (exact) mass is 1320 g/mol. The highest BCUT2D eigenvalue weighted by Crippen LogP contribution is 2.64. The van der Waals surface area contributed by atoms with E-state index < -0.39 is 168 Å². The number of anilines is 1. The molecule has 9 rings (SSSR count). The highest BCUT2D eigenvalue weighted by molar-refractivity contribution is 8.76. The molecule has 26 nitrogen and oxygen atoms in total. The molecule has 2 saturated carbocycles. The molecule has 3 unspecified atom stereocenters. The molecule has 1 aromatic heterocycles. The lowest BCUT2D eigenvalue weighted by Gasteiger charge is -2.67. The smallest absolute Gasteiger partial charge is 0.455 e. The van der Waals surface area contributed by atoms with Crippen molar-refractivity contribution in [3.8, 4) is 0 Å². The van der Waals surface area contributed by atoms with Crippen LogP contribution in [0.4, 0.5) is 24.2 Å². The van der Waals surface area contributed by atoms with Crippen LogP contribution in [0, 0.1) is 16.7 Å². The number of halogens is 2. The third-order valence-electron chi connectivity index (χ3n) is 17.4. The predicted molar refractivity (Wildman–Crippen MR) is 318 cm³/mol. The molecule has 494 valence electrons. The van der Waals surface area contributed by atoms with Gasteiger partial charge in [0.05, 0.1) is 36.2 Å². The number of Topliss-reactive ketones (excluding diaryl/α,β-unsaturated/α-hetero) is 1. The molecule has 5 aliphatic rings. The number of nitrogens with zero attached hydrogens (tertiary/aromatic N) is 2. The lowest BCUT2D eigenvalue weighted by molar-refractivity contribution is -0.346. The van der Waals surface area contributed by atoms with E-state index in [0.29, 0.717) is 4.57 Å². The molecule has 6 N–H and O–H groups in total. The second kappa shape index (κ2) is 27.8. The van der Waals surface area contributed by atoms with Gasteiger partial charge < -0.3 is 68.4 Å². The van der Waals surface area contributed by atoms with Crippen LogP contribution in [0.3, 0.4) is 0 Å². The first kappa shape index (κ1) is 68.5. The summed E-state index contributed by atoms with van der Waals surface area (Å²) in [6.07, 6.45) is -19.5. The standard InChI is InChI=1S/C62H68F2N4O22S2/c1-32-38(29-61(81)50(89-52(76)37-20-14-9-15-21-37)47-59(6,40(72)28-41-60(47,31-84-41)90-34(3)71)49(74)45(85-33(2)70)43(32)58(61,4)5)86-53(77)46(44(35-16-10-7-11-17-35)67-51(75)36-18-12-8-13-19-36)88-57(80)83-25-27-92-91-26-24-82-56(79)66-42-22-23-68(55(78)65-42)54-62(63,64)48(73)39(30-69)87-54/h7-23,38-41,44-48,50,54,69,72-73,81H,24-31H2,1-6H3,(H,67,75)(H,65,66,78,79)/t38-,39?,40-,41+,44-,45+,46+,47-,48?,50-,54?,59+,60-,61+/m0/s1. The minimum absolute atomic E-state index is 0.00536. The number of carbonyl (C=O) groups is 8. The number of aliphatic hydroxyl groups excluding tert-OH is 3. The number of ketones is 1. The zero-order chi connectivity index (χ0) is 66.7. The lowest BCUT2D eigenvalue weighted by atomic mass is 9.44. The summed E-state index contributed by atoms with van der Waals surface area (Å²) in [4.78, 5) is 129. The number of amides is 2. The van der Waals surface area contributed by atoms with Crippen LogP contribution in [0.2, 0.25) is 0 Å². The molecular weight excluding hydrogens is 1250 g/mol. The van der Waals surface area contributed by atoms with Gasteiger partial charge in [-0.1, -0.05) is 102 Å². The second-order valence-electron chi connectivity index (χ2n) is 23.3. The van der Waals surface area contributed by atoms with Gasteiger partial charge in [0.25, 0.3) is 5.91 Å². The van der Waals surface area contributed by atoms with Crippen molar-refractivity contribution in [3.63, 3.8) is 0 Å². The quantitative estimate of drug-likeness (QED) is 0.0211. The third kappa shape index (κ3) is 13.4. The van der Waals surface area contributed by atoms with Gasteiger partial charge in [-0.05, 0) is 60.9 Å². The van der Waals surface area contributed by atoms with Crippen LogP contribution in [0.15, 0.2) is 119 Å². The van der Waals surface area contributed by atoms with Crippen LogP contribution in [-0.2, 0) is 61.8 Å². The van der Waals surface area contributed by atoms with Crippen molar-refractivity contribution in [2.75, 3.05) is 43.3 Å². The second-order valence-corrected chi connectivity index (χ2v) is 26.0. The van der Waals surface area contributed by atoms with Crippen LogP contribution < -0.4 is 16.3 Å². The van der Waals surface area contributed by atoms with E-state index in [1.165, 1.54) is 74.9 Å². The Balaban J connectivity index is 0.964. The minimum Gasteiger partial charge on any atom is -0.455 e. The molecule has 4 aromatic rings. The summed E-state index contributed by atoms with van der Waals surface area (Å²) in [5, 5.41) is 50.4. The number of rotatable bonds is 21. The third-order valence-corrected chi connectivity index (χ3v) is 19.8. The summed E-state index contributed by atoms with van der Waals surface area (Å²) in [5.41, 5.74) is -9.40. The molecule has 3 aliphatic carbocycles. The molecule has 0 radical (unpaired) electrons. The summed E-state index contributed by atoms with van der Waals surface area (Å²) in [6.45, 7) is 6.07. The number of ether oxygens (including phenoxy) is 9. The van der Waals surface area contributed by atoms with Gasteiger partial charge in [0.15, 0.2) is 23.6 Å². The minimum atomic E-state index is -3.96. The van der Waals surface area contributed by atoms with E-state index in [4.69, 9.17) is 42.6 Å². The zero-order valence-corrected chi connectivity index (χ0v) is 52.1. The molecule has 2 bridgehead atoms. The molecule has 30 heteroatoms. The predicted octanol–water partition coefficient (Wildman–Crippen LogP) is 4.97. The summed E-state index contributed by atoms with van der Waals surface area (Å²) in [7, 11) is 2.32. The molecule has 2 saturated heterocycles. The first-order valence-electron chi connectivity index (χ1n) is 29.0. The van der Waals surface area contributed by atoms with Gasteiger partial charge >= 0.3 is 47.7 Å². The molecule has 92 heavy (non-hydrogen) atoms. The highest BCUT2D eigenvalue weighted by Gasteiger charge is 2.78. The van der Waals surface area contributed by atoms with Crippen molar-refractivity contribution in [1.29, 1.82) is 0 Å². The van der Waals surface area contributed by atoms with Crippen LogP contribution in [0.1, 0.15) is 92.9 Å². The molecule has 3 aromatic carbocycles. The summed E-state index contributed by atoms with van der Waals surface area (Å²) >= 11 is 0. The average Bonchev–Trinajstić information content (AvgIpc) is 0.759.